The average Bonchev–Trinajstić information content (AvgIpc) is 3.13. The Balaban J connectivity index is 1.79. The smallest absolute Gasteiger partial charge is 0.320 e. The number of ether oxygens (including phenoxy) is 1. The highest BCUT2D eigenvalue weighted by molar-refractivity contribution is 5.74. The summed E-state index contributed by atoms with van der Waals surface area (Å²) in [6.07, 6.45) is 4.06. The zero-order chi connectivity index (χ0) is 15.2. The van der Waals surface area contributed by atoms with E-state index in [1.165, 1.54) is 0 Å². The molecule has 2 aliphatic heterocycles. The van der Waals surface area contributed by atoms with Gasteiger partial charge < -0.3 is 19.6 Å². The number of aliphatic carboxylic acids is 1. The number of rotatable bonds is 6. The maximum Gasteiger partial charge on any atom is 0.320 e. The summed E-state index contributed by atoms with van der Waals surface area (Å²) in [4.78, 5) is 26.9. The summed E-state index contributed by atoms with van der Waals surface area (Å²) < 4.78 is 5.61. The van der Waals surface area contributed by atoms with Crippen LogP contribution in [-0.4, -0.2) is 65.8 Å². The van der Waals surface area contributed by atoms with Gasteiger partial charge >= 0.3 is 12.0 Å². The summed E-state index contributed by atoms with van der Waals surface area (Å²) in [6.45, 7) is 5.59. The van der Waals surface area contributed by atoms with Gasteiger partial charge in [0.05, 0.1) is 6.10 Å². The summed E-state index contributed by atoms with van der Waals surface area (Å²) in [6, 6.07) is 0.0748. The summed E-state index contributed by atoms with van der Waals surface area (Å²) >= 11 is 0. The van der Waals surface area contributed by atoms with Gasteiger partial charge in [0.15, 0.2) is 0 Å². The topological polar surface area (TPSA) is 70.1 Å². The Labute approximate surface area is 126 Å². The maximum atomic E-state index is 12.5. The predicted octanol–water partition coefficient (Wildman–Crippen LogP) is 1.79. The molecular weight excluding hydrogens is 272 g/mol. The molecular formula is C15H26N2O4. The third kappa shape index (κ3) is 4.59. The standard InChI is InChI=1S/C15H26N2O4/c1-2-16(11-13-4-3-9-21-13)15(20)17-8-7-12(10-17)5-6-14(18)19/h12-13H,2-11H2,1H3,(H,18,19). The number of carbonyl (C=O) groups is 2. The maximum absolute atomic E-state index is 12.5. The zero-order valence-corrected chi connectivity index (χ0v) is 12.8. The van der Waals surface area contributed by atoms with Crippen molar-refractivity contribution < 1.29 is 19.4 Å². The van der Waals surface area contributed by atoms with Gasteiger partial charge in [-0.15, -0.1) is 0 Å². The second-order valence-electron chi connectivity index (χ2n) is 5.99. The number of carbonyl (C=O) groups excluding carboxylic acids is 1. The van der Waals surface area contributed by atoms with Crippen molar-refractivity contribution in [1.29, 1.82) is 0 Å². The van der Waals surface area contributed by atoms with E-state index in [0.717, 1.165) is 32.4 Å². The second-order valence-corrected chi connectivity index (χ2v) is 5.99. The lowest BCUT2D eigenvalue weighted by Gasteiger charge is -2.29. The van der Waals surface area contributed by atoms with Crippen LogP contribution in [0.4, 0.5) is 4.79 Å². The Bertz CT molecular complexity index is 369. The van der Waals surface area contributed by atoms with Crippen LogP contribution < -0.4 is 0 Å². The molecule has 2 unspecified atom stereocenters. The first-order valence-electron chi connectivity index (χ1n) is 7.97. The summed E-state index contributed by atoms with van der Waals surface area (Å²) in [5, 5.41) is 8.73. The molecule has 120 valence electrons. The molecule has 0 saturated carbocycles. The number of amides is 2. The molecule has 0 aromatic rings. The van der Waals surface area contributed by atoms with E-state index in [9.17, 15) is 9.59 Å². The molecule has 2 saturated heterocycles. The molecule has 0 aromatic heterocycles. The number of carboxylic acid groups (broad SMARTS) is 1. The van der Waals surface area contributed by atoms with Crippen molar-refractivity contribution in [3.05, 3.63) is 0 Å². The van der Waals surface area contributed by atoms with Crippen LogP contribution in [0.15, 0.2) is 0 Å². The first-order chi connectivity index (χ1) is 10.1. The van der Waals surface area contributed by atoms with Gasteiger partial charge in [-0.25, -0.2) is 4.79 Å². The molecule has 2 atom stereocenters. The monoisotopic (exact) mass is 298 g/mol. The molecule has 6 heteroatoms. The molecule has 2 fully saturated rings. The first-order valence-corrected chi connectivity index (χ1v) is 7.97. The Hall–Kier alpha value is -1.30. The normalized spacial score (nSPS) is 25.3. The van der Waals surface area contributed by atoms with Gasteiger partial charge in [-0.2, -0.15) is 0 Å². The van der Waals surface area contributed by atoms with Gasteiger partial charge in [0.2, 0.25) is 0 Å². The first kappa shape index (κ1) is 16.1. The molecule has 1 N–H and O–H groups in total. The fraction of sp³-hybridized carbons (Fsp3) is 0.867. The van der Waals surface area contributed by atoms with Crippen LogP contribution in [0.25, 0.3) is 0 Å². The lowest BCUT2D eigenvalue weighted by atomic mass is 10.0. The molecule has 2 heterocycles. The van der Waals surface area contributed by atoms with Gasteiger partial charge in [-0.3, -0.25) is 4.79 Å². The number of hydrogen-bond acceptors (Lipinski definition) is 3. The van der Waals surface area contributed by atoms with Crippen LogP contribution in [-0.2, 0) is 9.53 Å². The minimum atomic E-state index is -0.756. The molecule has 0 aliphatic carbocycles. The Morgan fingerprint density at radius 3 is 2.81 bits per heavy atom. The van der Waals surface area contributed by atoms with Crippen molar-refractivity contribution in [1.82, 2.24) is 9.80 Å². The lowest BCUT2D eigenvalue weighted by Crippen LogP contribution is -2.45. The van der Waals surface area contributed by atoms with Gasteiger partial charge in [0.25, 0.3) is 0 Å². The quantitative estimate of drug-likeness (QED) is 0.811. The van der Waals surface area contributed by atoms with E-state index in [4.69, 9.17) is 9.84 Å². The van der Waals surface area contributed by atoms with Crippen molar-refractivity contribution in [2.24, 2.45) is 5.92 Å². The van der Waals surface area contributed by atoms with Gasteiger partial charge in [0.1, 0.15) is 0 Å². The van der Waals surface area contributed by atoms with Gasteiger partial charge in [-0.1, -0.05) is 0 Å². The second kappa shape index (κ2) is 7.64. The third-order valence-electron chi connectivity index (χ3n) is 4.42. The van der Waals surface area contributed by atoms with Crippen molar-refractivity contribution in [2.75, 3.05) is 32.8 Å². The van der Waals surface area contributed by atoms with Crippen molar-refractivity contribution in [3.8, 4) is 0 Å². The number of urea groups is 1. The Morgan fingerprint density at radius 2 is 2.19 bits per heavy atom. The van der Waals surface area contributed by atoms with E-state index >= 15 is 0 Å². The highest BCUT2D eigenvalue weighted by atomic mass is 16.5. The third-order valence-corrected chi connectivity index (χ3v) is 4.42. The molecule has 2 rings (SSSR count). The van der Waals surface area contributed by atoms with Crippen LogP contribution in [0.3, 0.4) is 0 Å². The minimum Gasteiger partial charge on any atom is -0.481 e. The van der Waals surface area contributed by atoms with Crippen LogP contribution in [0.1, 0.15) is 39.0 Å². The number of carboxylic acids is 1. The van der Waals surface area contributed by atoms with E-state index in [2.05, 4.69) is 0 Å². The number of likely N-dealkylation sites (N-methyl/N-ethyl adjacent to an activating group) is 1. The van der Waals surface area contributed by atoms with Crippen molar-refractivity contribution >= 4 is 12.0 Å². The van der Waals surface area contributed by atoms with Crippen molar-refractivity contribution in [3.63, 3.8) is 0 Å². The van der Waals surface area contributed by atoms with E-state index in [0.29, 0.717) is 32.0 Å². The highest BCUT2D eigenvalue weighted by Crippen LogP contribution is 2.23. The molecule has 2 amide bonds. The van der Waals surface area contributed by atoms with Crippen LogP contribution in [0.5, 0.6) is 0 Å². The fourth-order valence-electron chi connectivity index (χ4n) is 3.15. The largest absolute Gasteiger partial charge is 0.481 e. The SMILES string of the molecule is CCN(CC1CCCO1)C(=O)N1CCC(CCC(=O)O)C1. The molecule has 0 bridgehead atoms. The van der Waals surface area contributed by atoms with Crippen LogP contribution >= 0.6 is 0 Å². The predicted molar refractivity (Wildman–Crippen MR) is 78.2 cm³/mol. The lowest BCUT2D eigenvalue weighted by molar-refractivity contribution is -0.137. The number of likely N-dealkylation sites (tertiary alicyclic amines) is 1. The molecule has 21 heavy (non-hydrogen) atoms. The van der Waals surface area contributed by atoms with E-state index in [1.807, 2.05) is 16.7 Å². The van der Waals surface area contributed by atoms with Crippen LogP contribution in [0.2, 0.25) is 0 Å². The number of nitrogens with zero attached hydrogens (tertiary/aromatic N) is 2. The fourth-order valence-corrected chi connectivity index (χ4v) is 3.15. The highest BCUT2D eigenvalue weighted by Gasteiger charge is 2.30. The van der Waals surface area contributed by atoms with Crippen LogP contribution in [0, 0.1) is 5.92 Å². The Morgan fingerprint density at radius 1 is 1.38 bits per heavy atom. The molecule has 0 radical (unpaired) electrons. The van der Waals surface area contributed by atoms with E-state index in [-0.39, 0.29) is 18.6 Å². The summed E-state index contributed by atoms with van der Waals surface area (Å²) in [5.41, 5.74) is 0. The van der Waals surface area contributed by atoms with Crippen molar-refractivity contribution in [2.45, 2.75) is 45.1 Å². The molecule has 2 aliphatic rings. The van der Waals surface area contributed by atoms with Gasteiger partial charge in [-0.05, 0) is 38.5 Å². The molecule has 0 aromatic carbocycles. The Kier molecular flexibility index (Phi) is 5.85. The zero-order valence-electron chi connectivity index (χ0n) is 12.8. The van der Waals surface area contributed by atoms with E-state index in [1.54, 1.807) is 0 Å². The number of hydrogen-bond donors (Lipinski definition) is 1. The average molecular weight is 298 g/mol. The summed E-state index contributed by atoms with van der Waals surface area (Å²) in [7, 11) is 0. The van der Waals surface area contributed by atoms with E-state index < -0.39 is 5.97 Å². The molecule has 0 spiro atoms. The minimum absolute atomic E-state index is 0.0748. The summed E-state index contributed by atoms with van der Waals surface area (Å²) in [5.74, 6) is -0.431. The van der Waals surface area contributed by atoms with Gasteiger partial charge in [0, 0.05) is 39.2 Å². The molecule has 6 nitrogen and oxygen atoms in total.